The van der Waals surface area contributed by atoms with Gasteiger partial charge in [0.15, 0.2) is 10.0 Å². The van der Waals surface area contributed by atoms with Crippen LogP contribution in [0, 0.1) is 6.92 Å². The van der Waals surface area contributed by atoms with E-state index in [4.69, 9.17) is 9.47 Å². The van der Waals surface area contributed by atoms with Crippen LogP contribution in [0.3, 0.4) is 0 Å². The molecule has 1 atom stereocenters. The number of phenols is 1. The van der Waals surface area contributed by atoms with Crippen LogP contribution >= 0.6 is 27.3 Å². The van der Waals surface area contributed by atoms with E-state index in [0.717, 1.165) is 5.56 Å². The third-order valence-corrected chi connectivity index (χ3v) is 4.64. The summed E-state index contributed by atoms with van der Waals surface area (Å²) in [6.07, 6.45) is -0.986. The molecule has 0 unspecified atom stereocenters. The van der Waals surface area contributed by atoms with Crippen molar-refractivity contribution in [1.29, 1.82) is 0 Å². The molecule has 0 bridgehead atoms. The minimum atomic E-state index is -0.986. The first-order chi connectivity index (χ1) is 10.6. The molecule has 1 N–H and O–H groups in total. The van der Waals surface area contributed by atoms with Gasteiger partial charge in [-0.25, -0.2) is 9.78 Å². The maximum Gasteiger partial charge on any atom is 0.340 e. The van der Waals surface area contributed by atoms with Gasteiger partial charge in [0.25, 0.3) is 0 Å². The highest BCUT2D eigenvalue weighted by atomic mass is 79.9. The van der Waals surface area contributed by atoms with Crippen molar-refractivity contribution in [2.45, 2.75) is 46.3 Å². The zero-order valence-corrected chi connectivity index (χ0v) is 16.2. The zero-order valence-electron chi connectivity index (χ0n) is 13.8. The lowest BCUT2D eigenvalue weighted by Crippen LogP contribution is -2.29. The molecule has 0 aliphatic rings. The van der Waals surface area contributed by atoms with Crippen LogP contribution < -0.4 is 0 Å². The number of ether oxygens (including phenoxy) is 2. The van der Waals surface area contributed by atoms with E-state index in [1.54, 1.807) is 6.92 Å². The number of thiazole rings is 1. The Labute approximate surface area is 147 Å². The lowest BCUT2D eigenvalue weighted by molar-refractivity contribution is -0.167. The molecule has 0 saturated heterocycles. The van der Waals surface area contributed by atoms with Gasteiger partial charge >= 0.3 is 5.97 Å². The molecule has 0 aliphatic heterocycles. The number of aromatic nitrogens is 1. The summed E-state index contributed by atoms with van der Waals surface area (Å²) in [6.45, 7) is 9.37. The molecule has 0 radical (unpaired) electrons. The molecule has 1 heterocycles. The van der Waals surface area contributed by atoms with Crippen LogP contribution in [-0.2, 0) is 14.3 Å². The number of rotatable bonds is 4. The highest BCUT2D eigenvalue weighted by Crippen LogP contribution is 2.42. The SMILES string of the molecule is CCOC(=O)[C@@H](OC(C)(C)C)c1c(C)cc2nc(Br)sc2c1O. The molecule has 1 aromatic carbocycles. The molecule has 0 spiro atoms. The predicted octanol–water partition coefficient (Wildman–Crippen LogP) is 4.49. The van der Waals surface area contributed by atoms with E-state index in [2.05, 4.69) is 20.9 Å². The Morgan fingerprint density at radius 3 is 2.70 bits per heavy atom. The summed E-state index contributed by atoms with van der Waals surface area (Å²) < 4.78 is 12.3. The van der Waals surface area contributed by atoms with Gasteiger partial charge in [-0.1, -0.05) is 0 Å². The maximum absolute atomic E-state index is 12.4. The van der Waals surface area contributed by atoms with E-state index in [1.165, 1.54) is 11.3 Å². The van der Waals surface area contributed by atoms with Crippen molar-refractivity contribution in [2.75, 3.05) is 6.61 Å². The standard InChI is InChI=1S/C16H20BrNO4S/c1-6-21-14(20)12(22-16(3,4)5)10-8(2)7-9-13(11(10)19)23-15(17)18-9/h7,12,19H,6H2,1-5H3/t12-/m0/s1. The van der Waals surface area contributed by atoms with Gasteiger partial charge in [0.05, 0.1) is 22.4 Å². The summed E-state index contributed by atoms with van der Waals surface area (Å²) in [4.78, 5) is 16.7. The second-order valence-corrected chi connectivity index (χ2v) is 8.41. The van der Waals surface area contributed by atoms with Gasteiger partial charge in [-0.2, -0.15) is 0 Å². The number of nitrogens with zero attached hydrogens (tertiary/aromatic N) is 1. The van der Waals surface area contributed by atoms with Crippen LogP contribution in [0.5, 0.6) is 5.75 Å². The van der Waals surface area contributed by atoms with Crippen molar-refractivity contribution < 1.29 is 19.4 Å². The van der Waals surface area contributed by atoms with Crippen molar-refractivity contribution in [3.05, 3.63) is 21.1 Å². The van der Waals surface area contributed by atoms with Crippen molar-refractivity contribution in [3.63, 3.8) is 0 Å². The number of phenolic OH excluding ortho intramolecular Hbond substituents is 1. The Bertz CT molecular complexity index is 736. The van der Waals surface area contributed by atoms with Crippen LogP contribution in [0.1, 0.15) is 44.9 Å². The third-order valence-electron chi connectivity index (χ3n) is 3.11. The number of aromatic hydroxyl groups is 1. The largest absolute Gasteiger partial charge is 0.506 e. The van der Waals surface area contributed by atoms with Crippen molar-refractivity contribution in [3.8, 4) is 5.75 Å². The number of fused-ring (bicyclic) bond motifs is 1. The second kappa shape index (κ2) is 6.75. The molecule has 0 aliphatic carbocycles. The fourth-order valence-corrected chi connectivity index (χ4v) is 3.70. The van der Waals surface area contributed by atoms with Crippen LogP contribution in [0.4, 0.5) is 0 Å². The Hall–Kier alpha value is -1.18. The molecule has 0 fully saturated rings. The highest BCUT2D eigenvalue weighted by molar-refractivity contribution is 9.11. The third kappa shape index (κ3) is 4.02. The highest BCUT2D eigenvalue weighted by Gasteiger charge is 2.33. The normalized spacial score (nSPS) is 13.3. The molecule has 5 nitrogen and oxygen atoms in total. The summed E-state index contributed by atoms with van der Waals surface area (Å²) in [5.41, 5.74) is 1.27. The predicted molar refractivity (Wildman–Crippen MR) is 93.9 cm³/mol. The molecule has 1 aromatic heterocycles. The van der Waals surface area contributed by atoms with Gasteiger partial charge in [0.1, 0.15) is 5.75 Å². The first-order valence-corrected chi connectivity index (χ1v) is 8.88. The molecule has 2 aromatic rings. The average molecular weight is 402 g/mol. The smallest absolute Gasteiger partial charge is 0.340 e. The summed E-state index contributed by atoms with van der Waals surface area (Å²) >= 11 is 4.63. The lowest BCUT2D eigenvalue weighted by atomic mass is 10.0. The van der Waals surface area contributed by atoms with E-state index >= 15 is 0 Å². The number of carbonyl (C=O) groups excluding carboxylic acids is 1. The van der Waals surface area contributed by atoms with Crippen molar-refractivity contribution in [2.24, 2.45) is 0 Å². The quantitative estimate of drug-likeness (QED) is 0.764. The summed E-state index contributed by atoms with van der Waals surface area (Å²) in [5, 5.41) is 10.7. The second-order valence-electron chi connectivity index (χ2n) is 6.13. The van der Waals surface area contributed by atoms with Crippen molar-refractivity contribution >= 4 is 43.5 Å². The van der Waals surface area contributed by atoms with Gasteiger partial charge in [0, 0.05) is 5.56 Å². The van der Waals surface area contributed by atoms with Gasteiger partial charge in [0.2, 0.25) is 0 Å². The van der Waals surface area contributed by atoms with E-state index in [1.807, 2.05) is 33.8 Å². The first kappa shape index (κ1) is 18.2. The van der Waals surface area contributed by atoms with Gasteiger partial charge in [-0.3, -0.25) is 0 Å². The molecule has 126 valence electrons. The summed E-state index contributed by atoms with van der Waals surface area (Å²) in [7, 11) is 0. The van der Waals surface area contributed by atoms with E-state index in [-0.39, 0.29) is 12.4 Å². The van der Waals surface area contributed by atoms with Crippen LogP contribution in [0.15, 0.2) is 9.98 Å². The fraction of sp³-hybridized carbons (Fsp3) is 0.500. The fourth-order valence-electron chi connectivity index (χ4n) is 2.29. The Morgan fingerprint density at radius 1 is 1.48 bits per heavy atom. The lowest BCUT2D eigenvalue weighted by Gasteiger charge is -2.27. The molecule has 2 rings (SSSR count). The first-order valence-electron chi connectivity index (χ1n) is 7.27. The molecule has 23 heavy (non-hydrogen) atoms. The number of hydrogen-bond acceptors (Lipinski definition) is 6. The number of benzene rings is 1. The van der Waals surface area contributed by atoms with E-state index in [0.29, 0.717) is 19.7 Å². The molecular formula is C16H20BrNO4S. The van der Waals surface area contributed by atoms with E-state index < -0.39 is 17.7 Å². The number of aryl methyl sites for hydroxylation is 1. The molecule has 0 saturated carbocycles. The van der Waals surface area contributed by atoms with Crippen LogP contribution in [0.25, 0.3) is 10.2 Å². The minimum Gasteiger partial charge on any atom is -0.506 e. The Morgan fingerprint density at radius 2 is 2.13 bits per heavy atom. The maximum atomic E-state index is 12.4. The number of esters is 1. The van der Waals surface area contributed by atoms with Crippen LogP contribution in [0.2, 0.25) is 0 Å². The minimum absolute atomic E-state index is 0.0190. The zero-order chi connectivity index (χ0) is 17.4. The summed E-state index contributed by atoms with van der Waals surface area (Å²) in [6, 6.07) is 1.84. The number of carbonyl (C=O) groups is 1. The van der Waals surface area contributed by atoms with Crippen molar-refractivity contribution in [1.82, 2.24) is 4.98 Å². The molecular weight excluding hydrogens is 382 g/mol. The van der Waals surface area contributed by atoms with E-state index in [9.17, 15) is 9.90 Å². The Balaban J connectivity index is 2.61. The summed E-state index contributed by atoms with van der Waals surface area (Å²) in [5.74, 6) is -0.491. The van der Waals surface area contributed by atoms with Gasteiger partial charge < -0.3 is 14.6 Å². The Kier molecular flexibility index (Phi) is 5.33. The average Bonchev–Trinajstić information content (AvgIpc) is 2.77. The van der Waals surface area contributed by atoms with Gasteiger partial charge in [-0.05, 0) is 62.2 Å². The van der Waals surface area contributed by atoms with Gasteiger partial charge in [-0.15, -0.1) is 11.3 Å². The van der Waals surface area contributed by atoms with Crippen LogP contribution in [-0.4, -0.2) is 28.3 Å². The molecule has 0 amide bonds. The topological polar surface area (TPSA) is 68.7 Å². The monoisotopic (exact) mass is 401 g/mol. The molecule has 7 heteroatoms. The number of halogens is 1. The number of hydrogen-bond donors (Lipinski definition) is 1.